The van der Waals surface area contributed by atoms with Gasteiger partial charge in [-0.05, 0) is 37.5 Å². The van der Waals surface area contributed by atoms with Crippen molar-refractivity contribution < 1.29 is 4.79 Å². The third-order valence-corrected chi connectivity index (χ3v) is 4.34. The average Bonchev–Trinajstić information content (AvgIpc) is 3.05. The molecule has 0 radical (unpaired) electrons. The highest BCUT2D eigenvalue weighted by molar-refractivity contribution is 6.01. The monoisotopic (exact) mass is 365 g/mol. The molecule has 0 saturated carbocycles. The summed E-state index contributed by atoms with van der Waals surface area (Å²) < 4.78 is 3.21. The molecule has 0 unspecified atom stereocenters. The highest BCUT2D eigenvalue weighted by atomic mass is 16.2. The lowest BCUT2D eigenvalue weighted by Crippen LogP contribution is -2.20. The number of pyridine rings is 1. The summed E-state index contributed by atoms with van der Waals surface area (Å²) in [6, 6.07) is 10.9. The van der Waals surface area contributed by atoms with Crippen molar-refractivity contribution in [3.63, 3.8) is 0 Å². The second-order valence-electron chi connectivity index (χ2n) is 6.60. The van der Waals surface area contributed by atoms with Crippen molar-refractivity contribution in [1.29, 1.82) is 0 Å². The molecule has 0 spiro atoms. The second kappa shape index (κ2) is 7.57. The van der Waals surface area contributed by atoms with Gasteiger partial charge in [0, 0.05) is 18.8 Å². The summed E-state index contributed by atoms with van der Waals surface area (Å²) in [4.78, 5) is 28.6. The first-order valence-corrected chi connectivity index (χ1v) is 8.95. The summed E-state index contributed by atoms with van der Waals surface area (Å²) >= 11 is 0. The van der Waals surface area contributed by atoms with E-state index in [1.807, 2.05) is 32.0 Å². The van der Waals surface area contributed by atoms with Crippen LogP contribution in [0.4, 0.5) is 5.69 Å². The Morgan fingerprint density at radius 2 is 1.93 bits per heavy atom. The molecule has 1 aromatic carbocycles. The second-order valence-corrected chi connectivity index (χ2v) is 6.60. The molecule has 1 N–H and O–H groups in total. The molecular formula is C20H23N5O2. The number of benzene rings is 1. The van der Waals surface area contributed by atoms with E-state index < -0.39 is 5.91 Å². The number of anilines is 1. The number of aromatic nitrogens is 4. The van der Waals surface area contributed by atoms with E-state index >= 15 is 0 Å². The lowest BCUT2D eigenvalue weighted by Gasteiger charge is -2.12. The average molecular weight is 365 g/mol. The highest BCUT2D eigenvalue weighted by Gasteiger charge is 2.18. The van der Waals surface area contributed by atoms with Crippen molar-refractivity contribution in [2.24, 2.45) is 0 Å². The Balaban J connectivity index is 1.91. The number of aryl methyl sites for hydroxylation is 2. The molecule has 7 heteroatoms. The molecule has 2 aromatic heterocycles. The van der Waals surface area contributed by atoms with Crippen LogP contribution >= 0.6 is 0 Å². The molecule has 7 nitrogen and oxygen atoms in total. The summed E-state index contributed by atoms with van der Waals surface area (Å²) in [5.74, 6) is 0.615. The van der Waals surface area contributed by atoms with E-state index in [0.29, 0.717) is 24.0 Å². The van der Waals surface area contributed by atoms with E-state index in [1.165, 1.54) is 10.6 Å². The van der Waals surface area contributed by atoms with Gasteiger partial charge >= 0.3 is 0 Å². The van der Waals surface area contributed by atoms with Gasteiger partial charge in [0.1, 0.15) is 5.82 Å². The fourth-order valence-corrected chi connectivity index (χ4v) is 2.92. The van der Waals surface area contributed by atoms with Crippen LogP contribution in [-0.4, -0.2) is 25.2 Å². The Hall–Kier alpha value is -3.22. The fraction of sp³-hybridized carbons (Fsp3) is 0.300. The zero-order valence-corrected chi connectivity index (χ0v) is 15.9. The first-order chi connectivity index (χ1) is 12.9. The number of hydrogen-bond acceptors (Lipinski definition) is 4. The maximum Gasteiger partial charge on any atom is 0.295 e. The van der Waals surface area contributed by atoms with Gasteiger partial charge in [0.05, 0.1) is 11.4 Å². The first kappa shape index (κ1) is 18.6. The lowest BCUT2D eigenvalue weighted by atomic mass is 10.0. The lowest BCUT2D eigenvalue weighted by molar-refractivity contribution is 0.101. The van der Waals surface area contributed by atoms with Crippen LogP contribution in [0.25, 0.3) is 5.69 Å². The number of rotatable bonds is 5. The molecule has 0 aliphatic carbocycles. The van der Waals surface area contributed by atoms with E-state index in [2.05, 4.69) is 35.3 Å². The van der Waals surface area contributed by atoms with Crippen LogP contribution in [0, 0.1) is 6.92 Å². The minimum absolute atomic E-state index is 0.0836. The predicted molar refractivity (Wildman–Crippen MR) is 105 cm³/mol. The number of para-hydroxylation sites is 1. The maximum absolute atomic E-state index is 12.6. The van der Waals surface area contributed by atoms with Gasteiger partial charge in [-0.15, -0.1) is 5.10 Å². The molecule has 0 atom stereocenters. The zero-order chi connectivity index (χ0) is 19.6. The van der Waals surface area contributed by atoms with Crippen LogP contribution in [-0.2, 0) is 6.54 Å². The Bertz CT molecular complexity index is 1030. The summed E-state index contributed by atoms with van der Waals surface area (Å²) in [5.41, 5.74) is 2.46. The molecule has 0 bridgehead atoms. The van der Waals surface area contributed by atoms with Gasteiger partial charge < -0.3 is 9.88 Å². The van der Waals surface area contributed by atoms with E-state index in [-0.39, 0.29) is 11.4 Å². The molecule has 140 valence electrons. The maximum atomic E-state index is 12.6. The van der Waals surface area contributed by atoms with Crippen LogP contribution < -0.4 is 10.9 Å². The molecule has 27 heavy (non-hydrogen) atoms. The minimum Gasteiger partial charge on any atom is -0.318 e. The van der Waals surface area contributed by atoms with Gasteiger partial charge in [0.25, 0.3) is 11.5 Å². The Labute approximate surface area is 157 Å². The molecule has 0 aliphatic heterocycles. The van der Waals surface area contributed by atoms with Gasteiger partial charge in [0.2, 0.25) is 5.82 Å². The first-order valence-electron chi connectivity index (χ1n) is 8.95. The van der Waals surface area contributed by atoms with Crippen LogP contribution in [0.2, 0.25) is 0 Å². The van der Waals surface area contributed by atoms with Gasteiger partial charge in [-0.25, -0.2) is 9.67 Å². The fourth-order valence-electron chi connectivity index (χ4n) is 2.92. The Morgan fingerprint density at radius 1 is 1.19 bits per heavy atom. The third kappa shape index (κ3) is 3.81. The van der Waals surface area contributed by atoms with E-state index in [1.54, 1.807) is 16.9 Å². The molecule has 0 aliphatic rings. The smallest absolute Gasteiger partial charge is 0.295 e. The molecule has 3 rings (SSSR count). The van der Waals surface area contributed by atoms with E-state index in [0.717, 1.165) is 11.3 Å². The Kier molecular flexibility index (Phi) is 5.21. The third-order valence-electron chi connectivity index (χ3n) is 4.34. The van der Waals surface area contributed by atoms with Crippen molar-refractivity contribution in [3.05, 3.63) is 70.2 Å². The summed E-state index contributed by atoms with van der Waals surface area (Å²) in [6.07, 6.45) is 1.61. The van der Waals surface area contributed by atoms with Crippen molar-refractivity contribution in [2.75, 3.05) is 5.32 Å². The summed E-state index contributed by atoms with van der Waals surface area (Å²) in [7, 11) is 0. The van der Waals surface area contributed by atoms with Gasteiger partial charge in [-0.1, -0.05) is 32.0 Å². The largest absolute Gasteiger partial charge is 0.318 e. The van der Waals surface area contributed by atoms with Gasteiger partial charge in [0.15, 0.2) is 0 Å². The van der Waals surface area contributed by atoms with Crippen molar-refractivity contribution in [1.82, 2.24) is 19.3 Å². The van der Waals surface area contributed by atoms with E-state index in [9.17, 15) is 9.59 Å². The van der Waals surface area contributed by atoms with Gasteiger partial charge in [-0.3, -0.25) is 9.59 Å². The normalized spacial score (nSPS) is 11.0. The number of amides is 1. The van der Waals surface area contributed by atoms with Gasteiger partial charge in [-0.2, -0.15) is 0 Å². The number of carbonyl (C=O) groups excluding carboxylic acids is 1. The number of nitrogens with one attached hydrogen (secondary N) is 1. The van der Waals surface area contributed by atoms with Crippen molar-refractivity contribution in [2.45, 2.75) is 40.2 Å². The molecule has 1 amide bonds. The highest BCUT2D eigenvalue weighted by Crippen LogP contribution is 2.23. The standard InChI is InChI=1S/C20H23N5O2/c1-5-24-12-15(10-11-18(24)26)22-20(27)19-21-14(4)25(23-19)17-9-7-6-8-16(17)13(2)3/h6-13H,5H2,1-4H3,(H,22,27). The quantitative estimate of drug-likeness (QED) is 0.753. The van der Waals surface area contributed by atoms with Crippen molar-refractivity contribution >= 4 is 11.6 Å². The topological polar surface area (TPSA) is 81.8 Å². The van der Waals surface area contributed by atoms with Crippen LogP contribution in [0.15, 0.2) is 47.4 Å². The SMILES string of the molecule is CCn1cc(NC(=O)c2nc(C)n(-c3ccccc3C(C)C)n2)ccc1=O. The van der Waals surface area contributed by atoms with Crippen LogP contribution in [0.3, 0.4) is 0 Å². The number of hydrogen-bond donors (Lipinski definition) is 1. The number of carbonyl (C=O) groups is 1. The van der Waals surface area contributed by atoms with Crippen molar-refractivity contribution in [3.8, 4) is 5.69 Å². The van der Waals surface area contributed by atoms with Crippen LogP contribution in [0.1, 0.15) is 48.7 Å². The Morgan fingerprint density at radius 3 is 2.63 bits per heavy atom. The number of nitrogens with zero attached hydrogens (tertiary/aromatic N) is 4. The molecule has 3 aromatic rings. The summed E-state index contributed by atoms with van der Waals surface area (Å²) in [5, 5.41) is 7.16. The minimum atomic E-state index is -0.416. The molecule has 0 saturated heterocycles. The summed E-state index contributed by atoms with van der Waals surface area (Å²) in [6.45, 7) is 8.44. The zero-order valence-electron chi connectivity index (χ0n) is 15.9. The van der Waals surface area contributed by atoms with E-state index in [4.69, 9.17) is 0 Å². The molecular weight excluding hydrogens is 342 g/mol. The van der Waals surface area contributed by atoms with Crippen LogP contribution in [0.5, 0.6) is 0 Å². The molecule has 0 fully saturated rings. The predicted octanol–water partition coefficient (Wildman–Crippen LogP) is 3.13. The molecule has 2 heterocycles.